The first-order valence-corrected chi connectivity index (χ1v) is 3.27. The van der Waals surface area contributed by atoms with E-state index in [9.17, 15) is 4.79 Å². The molecule has 0 atom stereocenters. The minimum absolute atomic E-state index is 0. The van der Waals surface area contributed by atoms with Gasteiger partial charge in [0.2, 0.25) is 5.88 Å². The van der Waals surface area contributed by atoms with Crippen LogP contribution in [0.25, 0.3) is 0 Å². The van der Waals surface area contributed by atoms with Crippen LogP contribution in [0.1, 0.15) is 13.9 Å². The Morgan fingerprint density at radius 2 is 2.46 bits per heavy atom. The van der Waals surface area contributed by atoms with Gasteiger partial charge >= 0.3 is 35.5 Å². The molecule has 1 aromatic rings. The Balaban J connectivity index is 0. The summed E-state index contributed by atoms with van der Waals surface area (Å²) in [5, 5.41) is 8.55. The van der Waals surface area contributed by atoms with Crippen molar-refractivity contribution in [1.29, 1.82) is 5.26 Å². The van der Waals surface area contributed by atoms with Gasteiger partial charge < -0.3 is 6.16 Å². The fourth-order valence-electron chi connectivity index (χ4n) is 0.693. The van der Waals surface area contributed by atoms with Crippen molar-refractivity contribution >= 4 is 5.97 Å². The Kier molecular flexibility index (Phi) is 5.31. The van der Waals surface area contributed by atoms with Gasteiger partial charge in [-0.3, -0.25) is 4.79 Å². The van der Waals surface area contributed by atoms with Crippen LogP contribution < -0.4 is 34.3 Å². The Bertz CT molecular complexity index is 351. The van der Waals surface area contributed by atoms with Gasteiger partial charge in [-0.05, 0) is 12.1 Å². The van der Waals surface area contributed by atoms with Crippen molar-refractivity contribution in [2.45, 2.75) is 6.92 Å². The number of carbonyl (C=O) groups is 1. The zero-order chi connectivity index (χ0) is 8.97. The smallest absolute Gasteiger partial charge is 1.00 e. The predicted molar refractivity (Wildman–Crippen MR) is 41.4 cm³/mol. The zero-order valence-electron chi connectivity index (χ0n) is 8.44. The van der Waals surface area contributed by atoms with Crippen LogP contribution in [0.2, 0.25) is 0 Å². The van der Waals surface area contributed by atoms with Gasteiger partial charge in [-0.25, -0.2) is 4.98 Å². The Morgan fingerprint density at radius 1 is 1.77 bits per heavy atom. The summed E-state index contributed by atoms with van der Waals surface area (Å²) in [6, 6.07) is 5.00. The van der Waals surface area contributed by atoms with Crippen LogP contribution in [-0.2, 0) is 4.79 Å². The van der Waals surface area contributed by atoms with E-state index in [1.165, 1.54) is 19.2 Å². The Labute approximate surface area is 99.3 Å². The molecule has 0 fully saturated rings. The molecule has 0 N–H and O–H groups in total. The molecule has 0 unspecified atom stereocenters. The van der Waals surface area contributed by atoms with Crippen LogP contribution in [0.3, 0.4) is 0 Å². The summed E-state index contributed by atoms with van der Waals surface area (Å²) in [5.74, 6) is -0.419. The average molecular weight is 186 g/mol. The van der Waals surface area contributed by atoms with E-state index in [2.05, 4.69) is 9.72 Å². The van der Waals surface area contributed by atoms with Crippen LogP contribution in [0.15, 0.2) is 18.3 Å². The van der Waals surface area contributed by atoms with Gasteiger partial charge in [0.15, 0.2) is 0 Å². The maximum Gasteiger partial charge on any atom is 1.00 e. The number of carbonyl (C=O) groups excluding carboxylic acids is 1. The molecule has 62 valence electrons. The van der Waals surface area contributed by atoms with E-state index in [1.807, 2.05) is 6.07 Å². The number of pyridine rings is 1. The predicted octanol–water partition coefficient (Wildman–Crippen LogP) is -2.00. The molecule has 5 heteroatoms. The number of hydrogen-bond acceptors (Lipinski definition) is 4. The molecule has 0 aliphatic carbocycles. The molecule has 1 aromatic heterocycles. The summed E-state index contributed by atoms with van der Waals surface area (Å²) >= 11 is 0. The van der Waals surface area contributed by atoms with Crippen molar-refractivity contribution in [1.82, 2.24) is 4.98 Å². The first kappa shape index (κ1) is 12.1. The van der Waals surface area contributed by atoms with Crippen LogP contribution in [0, 0.1) is 11.3 Å². The molecule has 0 aliphatic heterocycles. The minimum atomic E-state index is -0.481. The van der Waals surface area contributed by atoms with Crippen LogP contribution in [0.4, 0.5) is 0 Å². The van der Waals surface area contributed by atoms with Gasteiger partial charge in [0.1, 0.15) is 11.6 Å². The van der Waals surface area contributed by atoms with Crippen molar-refractivity contribution in [2.24, 2.45) is 0 Å². The number of ether oxygens (including phenoxy) is 1. The molecule has 0 amide bonds. The second-order valence-electron chi connectivity index (χ2n) is 2.06. The fraction of sp³-hybridized carbons (Fsp3) is 0.125. The standard InChI is InChI=1S/C8H6N2O2.Na.H/c1-6(11)12-8-7(5-9)3-2-4-10-8;;/h2-4H,1H3;;/q;+1;-1. The summed E-state index contributed by atoms with van der Waals surface area (Å²) in [5.41, 5.74) is 0.257. The second-order valence-corrected chi connectivity index (χ2v) is 2.06. The number of hydrogen-bond donors (Lipinski definition) is 0. The molecule has 0 aromatic carbocycles. The van der Waals surface area contributed by atoms with Crippen molar-refractivity contribution < 1.29 is 40.5 Å². The summed E-state index contributed by atoms with van der Waals surface area (Å²) in [7, 11) is 0. The summed E-state index contributed by atoms with van der Waals surface area (Å²) in [6.45, 7) is 1.26. The molecular weight excluding hydrogens is 179 g/mol. The fourth-order valence-corrected chi connectivity index (χ4v) is 0.693. The molecule has 0 spiro atoms. The number of nitrogens with zero attached hydrogens (tertiary/aromatic N) is 2. The van der Waals surface area contributed by atoms with Crippen molar-refractivity contribution in [3.05, 3.63) is 23.9 Å². The normalized spacial score (nSPS) is 8.00. The van der Waals surface area contributed by atoms with Gasteiger partial charge in [-0.2, -0.15) is 5.26 Å². The molecule has 1 heterocycles. The van der Waals surface area contributed by atoms with Crippen LogP contribution in [-0.4, -0.2) is 11.0 Å². The Hall–Kier alpha value is -0.890. The third-order valence-electron chi connectivity index (χ3n) is 1.13. The second kappa shape index (κ2) is 5.70. The molecule has 0 bridgehead atoms. The van der Waals surface area contributed by atoms with E-state index < -0.39 is 5.97 Å². The Morgan fingerprint density at radius 3 is 3.00 bits per heavy atom. The zero-order valence-corrected chi connectivity index (χ0v) is 9.44. The molecule has 4 nitrogen and oxygen atoms in total. The summed E-state index contributed by atoms with van der Waals surface area (Å²) in [6.07, 6.45) is 1.46. The quantitative estimate of drug-likeness (QED) is 0.375. The van der Waals surface area contributed by atoms with Crippen LogP contribution >= 0.6 is 0 Å². The number of esters is 1. The molecule has 13 heavy (non-hydrogen) atoms. The molecule has 0 saturated carbocycles. The topological polar surface area (TPSA) is 63.0 Å². The van der Waals surface area contributed by atoms with E-state index in [0.29, 0.717) is 0 Å². The molecule has 0 radical (unpaired) electrons. The first-order valence-electron chi connectivity index (χ1n) is 3.27. The van der Waals surface area contributed by atoms with Gasteiger partial charge in [-0.15, -0.1) is 0 Å². The summed E-state index contributed by atoms with van der Waals surface area (Å²) < 4.78 is 4.66. The maximum atomic E-state index is 10.5. The third-order valence-corrected chi connectivity index (χ3v) is 1.13. The largest absolute Gasteiger partial charge is 1.00 e. The number of nitriles is 1. The summed E-state index contributed by atoms with van der Waals surface area (Å²) in [4.78, 5) is 14.2. The van der Waals surface area contributed by atoms with Gasteiger partial charge in [0.25, 0.3) is 0 Å². The minimum Gasteiger partial charge on any atom is -1.00 e. The number of aromatic nitrogens is 1. The van der Waals surface area contributed by atoms with Gasteiger partial charge in [-0.1, -0.05) is 0 Å². The maximum absolute atomic E-state index is 10.5. The molecule has 0 aliphatic rings. The monoisotopic (exact) mass is 186 g/mol. The van der Waals surface area contributed by atoms with Crippen LogP contribution in [0.5, 0.6) is 5.88 Å². The van der Waals surface area contributed by atoms with E-state index in [4.69, 9.17) is 5.26 Å². The number of rotatable bonds is 1. The van der Waals surface area contributed by atoms with Crippen molar-refractivity contribution in [3.8, 4) is 11.9 Å². The van der Waals surface area contributed by atoms with Gasteiger partial charge in [0.05, 0.1) is 0 Å². The molecule has 0 saturated heterocycles. The average Bonchev–Trinajstić information content (AvgIpc) is 2.04. The SMILES string of the molecule is CC(=O)Oc1ncccc1C#N.[H-].[Na+]. The first-order chi connectivity index (χ1) is 5.74. The van der Waals surface area contributed by atoms with Gasteiger partial charge in [0, 0.05) is 13.1 Å². The van der Waals surface area contributed by atoms with Crippen molar-refractivity contribution in [2.75, 3.05) is 0 Å². The third kappa shape index (κ3) is 3.55. The van der Waals surface area contributed by atoms with E-state index in [-0.39, 0.29) is 42.4 Å². The van der Waals surface area contributed by atoms with E-state index in [1.54, 1.807) is 6.07 Å². The van der Waals surface area contributed by atoms with Crippen molar-refractivity contribution in [3.63, 3.8) is 0 Å². The molecular formula is C8H7N2NaO2. The molecule has 1 rings (SSSR count). The van der Waals surface area contributed by atoms with E-state index >= 15 is 0 Å². The van der Waals surface area contributed by atoms with E-state index in [0.717, 1.165) is 0 Å².